The highest BCUT2D eigenvalue weighted by molar-refractivity contribution is 5.78. The van der Waals surface area contributed by atoms with E-state index < -0.39 is 0 Å². The zero-order valence-electron chi connectivity index (χ0n) is 11.1. The molecular formula is C13H24N2O3. The van der Waals surface area contributed by atoms with E-state index in [1.54, 1.807) is 0 Å². The van der Waals surface area contributed by atoms with E-state index in [0.29, 0.717) is 6.54 Å². The lowest BCUT2D eigenvalue weighted by Gasteiger charge is -2.24. The maximum atomic E-state index is 11.8. The Morgan fingerprint density at radius 1 is 1.28 bits per heavy atom. The Hall–Kier alpha value is -0.650. The summed E-state index contributed by atoms with van der Waals surface area (Å²) in [6.45, 7) is 4.82. The molecule has 104 valence electrons. The second-order valence-corrected chi connectivity index (χ2v) is 5.18. The molecule has 0 saturated carbocycles. The fourth-order valence-electron chi connectivity index (χ4n) is 2.50. The number of carbonyl (C=O) groups excluding carboxylic acids is 1. The van der Waals surface area contributed by atoms with Crippen LogP contribution in [0, 0.1) is 0 Å². The van der Waals surface area contributed by atoms with Crippen molar-refractivity contribution in [2.45, 2.75) is 50.8 Å². The minimum absolute atomic E-state index is 0.0757. The largest absolute Gasteiger partial charge is 0.381 e. The van der Waals surface area contributed by atoms with E-state index in [4.69, 9.17) is 9.47 Å². The van der Waals surface area contributed by atoms with Gasteiger partial charge in [-0.25, -0.2) is 0 Å². The molecule has 2 rings (SSSR count). The summed E-state index contributed by atoms with van der Waals surface area (Å²) in [5.41, 5.74) is 0. The second kappa shape index (κ2) is 7.07. The quantitative estimate of drug-likeness (QED) is 0.749. The Morgan fingerprint density at radius 3 is 2.72 bits per heavy atom. The first-order valence-electron chi connectivity index (χ1n) is 6.98. The van der Waals surface area contributed by atoms with E-state index in [1.807, 2.05) is 0 Å². The summed E-state index contributed by atoms with van der Waals surface area (Å²) >= 11 is 0. The summed E-state index contributed by atoms with van der Waals surface area (Å²) in [5.74, 6) is 0.0757. The van der Waals surface area contributed by atoms with E-state index in [2.05, 4.69) is 17.6 Å². The van der Waals surface area contributed by atoms with Crippen LogP contribution in [-0.4, -0.2) is 50.5 Å². The number of rotatable bonds is 5. The number of ether oxygens (including phenoxy) is 2. The van der Waals surface area contributed by atoms with Gasteiger partial charge in [0.1, 0.15) is 0 Å². The molecule has 2 aliphatic heterocycles. The molecule has 2 saturated heterocycles. The third-order valence-corrected chi connectivity index (χ3v) is 3.69. The van der Waals surface area contributed by atoms with E-state index in [-0.39, 0.29) is 24.1 Å². The Kier molecular flexibility index (Phi) is 5.41. The van der Waals surface area contributed by atoms with Gasteiger partial charge in [0, 0.05) is 31.9 Å². The van der Waals surface area contributed by atoms with Crippen molar-refractivity contribution in [2.75, 3.05) is 26.4 Å². The maximum absolute atomic E-state index is 11.8. The zero-order chi connectivity index (χ0) is 12.8. The van der Waals surface area contributed by atoms with Crippen LogP contribution in [0.5, 0.6) is 0 Å². The summed E-state index contributed by atoms with van der Waals surface area (Å²) in [6, 6.07) is 0.527. The van der Waals surface area contributed by atoms with E-state index >= 15 is 0 Å². The molecule has 2 heterocycles. The lowest BCUT2D eigenvalue weighted by atomic mass is 10.1. The molecule has 0 aromatic carbocycles. The SMILES string of the molecule is CC(NCC(=O)NC1CCOCC1)C1CCCO1. The average molecular weight is 256 g/mol. The number of amides is 1. The molecule has 0 spiro atoms. The molecule has 0 radical (unpaired) electrons. The number of hydrogen-bond donors (Lipinski definition) is 2. The molecule has 0 aromatic heterocycles. The fourth-order valence-corrected chi connectivity index (χ4v) is 2.50. The van der Waals surface area contributed by atoms with Gasteiger partial charge in [-0.2, -0.15) is 0 Å². The third-order valence-electron chi connectivity index (χ3n) is 3.69. The van der Waals surface area contributed by atoms with Crippen LogP contribution in [0.2, 0.25) is 0 Å². The average Bonchev–Trinajstić information content (AvgIpc) is 2.91. The first-order valence-corrected chi connectivity index (χ1v) is 6.98. The normalized spacial score (nSPS) is 27.1. The van der Waals surface area contributed by atoms with Crippen molar-refractivity contribution in [1.82, 2.24) is 10.6 Å². The third kappa shape index (κ3) is 4.23. The van der Waals surface area contributed by atoms with E-state index in [1.165, 1.54) is 0 Å². The standard InChI is InChI=1S/C13H24N2O3/c1-10(12-3-2-6-18-12)14-9-13(16)15-11-4-7-17-8-5-11/h10-12,14H,2-9H2,1H3,(H,15,16). The molecule has 0 bridgehead atoms. The van der Waals surface area contributed by atoms with Gasteiger partial charge >= 0.3 is 0 Å². The van der Waals surface area contributed by atoms with Crippen LogP contribution < -0.4 is 10.6 Å². The highest BCUT2D eigenvalue weighted by atomic mass is 16.5. The molecule has 5 heteroatoms. The summed E-state index contributed by atoms with van der Waals surface area (Å²) in [6.07, 6.45) is 4.33. The maximum Gasteiger partial charge on any atom is 0.234 e. The fraction of sp³-hybridized carbons (Fsp3) is 0.923. The lowest BCUT2D eigenvalue weighted by molar-refractivity contribution is -0.121. The Bertz CT molecular complexity index is 261. The minimum Gasteiger partial charge on any atom is -0.381 e. The molecule has 2 fully saturated rings. The Labute approximate surface area is 109 Å². The second-order valence-electron chi connectivity index (χ2n) is 5.18. The van der Waals surface area contributed by atoms with Crippen molar-refractivity contribution in [2.24, 2.45) is 0 Å². The number of carbonyl (C=O) groups is 1. The van der Waals surface area contributed by atoms with Gasteiger partial charge in [0.05, 0.1) is 12.6 Å². The van der Waals surface area contributed by atoms with E-state index in [0.717, 1.165) is 45.5 Å². The van der Waals surface area contributed by atoms with Crippen LogP contribution >= 0.6 is 0 Å². The predicted molar refractivity (Wildman–Crippen MR) is 68.4 cm³/mol. The molecule has 2 unspecified atom stereocenters. The molecule has 2 N–H and O–H groups in total. The van der Waals surface area contributed by atoms with Gasteiger partial charge in [0.25, 0.3) is 0 Å². The van der Waals surface area contributed by atoms with Crippen LogP contribution in [-0.2, 0) is 14.3 Å². The van der Waals surface area contributed by atoms with Crippen molar-refractivity contribution in [3.8, 4) is 0 Å². The Morgan fingerprint density at radius 2 is 2.06 bits per heavy atom. The van der Waals surface area contributed by atoms with Gasteiger partial charge in [-0.05, 0) is 32.6 Å². The van der Waals surface area contributed by atoms with Crippen LogP contribution in [0.1, 0.15) is 32.6 Å². The van der Waals surface area contributed by atoms with Gasteiger partial charge in [0.15, 0.2) is 0 Å². The van der Waals surface area contributed by atoms with Crippen molar-refractivity contribution < 1.29 is 14.3 Å². The molecule has 1 amide bonds. The van der Waals surface area contributed by atoms with Gasteiger partial charge in [-0.15, -0.1) is 0 Å². The molecule has 2 aliphatic rings. The van der Waals surface area contributed by atoms with Gasteiger partial charge in [-0.1, -0.05) is 0 Å². The molecular weight excluding hydrogens is 232 g/mol. The van der Waals surface area contributed by atoms with Crippen molar-refractivity contribution >= 4 is 5.91 Å². The van der Waals surface area contributed by atoms with Crippen LogP contribution in [0.25, 0.3) is 0 Å². The summed E-state index contributed by atoms with van der Waals surface area (Å²) in [4.78, 5) is 11.8. The van der Waals surface area contributed by atoms with Crippen LogP contribution in [0.15, 0.2) is 0 Å². The summed E-state index contributed by atoms with van der Waals surface area (Å²) < 4.78 is 10.8. The van der Waals surface area contributed by atoms with Crippen LogP contribution in [0.3, 0.4) is 0 Å². The monoisotopic (exact) mass is 256 g/mol. The van der Waals surface area contributed by atoms with Crippen molar-refractivity contribution in [1.29, 1.82) is 0 Å². The number of hydrogen-bond acceptors (Lipinski definition) is 4. The van der Waals surface area contributed by atoms with Crippen LogP contribution in [0.4, 0.5) is 0 Å². The first kappa shape index (κ1) is 13.8. The number of nitrogens with one attached hydrogen (secondary N) is 2. The highest BCUT2D eigenvalue weighted by Crippen LogP contribution is 2.15. The topological polar surface area (TPSA) is 59.6 Å². The lowest BCUT2D eigenvalue weighted by Crippen LogP contribution is -2.46. The van der Waals surface area contributed by atoms with Crippen molar-refractivity contribution in [3.63, 3.8) is 0 Å². The van der Waals surface area contributed by atoms with E-state index in [9.17, 15) is 4.79 Å². The van der Waals surface area contributed by atoms with Gasteiger partial charge < -0.3 is 20.1 Å². The Balaban J connectivity index is 1.61. The van der Waals surface area contributed by atoms with Gasteiger partial charge in [0.2, 0.25) is 5.91 Å². The minimum atomic E-state index is 0.0757. The smallest absolute Gasteiger partial charge is 0.234 e. The predicted octanol–water partition coefficient (Wildman–Crippen LogP) is 0.439. The molecule has 0 aromatic rings. The molecule has 5 nitrogen and oxygen atoms in total. The molecule has 0 aliphatic carbocycles. The molecule has 18 heavy (non-hydrogen) atoms. The summed E-state index contributed by atoms with van der Waals surface area (Å²) in [5, 5.41) is 6.29. The van der Waals surface area contributed by atoms with Gasteiger partial charge in [-0.3, -0.25) is 4.79 Å². The first-order chi connectivity index (χ1) is 8.75. The van der Waals surface area contributed by atoms with Crippen molar-refractivity contribution in [3.05, 3.63) is 0 Å². The molecule has 2 atom stereocenters. The zero-order valence-corrected chi connectivity index (χ0v) is 11.1. The highest BCUT2D eigenvalue weighted by Gasteiger charge is 2.23. The summed E-state index contributed by atoms with van der Waals surface area (Å²) in [7, 11) is 0.